The number of nitrogens with zero attached hydrogens (tertiary/aromatic N) is 2. The standard InChI is InChI=1S/C23H31N5O3S/c1-5-17-8-9-19(25-16(4)29)11-20(17)26-22(31)18-7-6-10-28(12-18)13-21(30)27-23-24-14(2)15(3)32-23/h8-9,11,18H,5-7,10,12-13H2,1-4H3,(H,25,29)(H,26,31)(H,24,27,30). The predicted octanol–water partition coefficient (Wildman–Crippen LogP) is 3.57. The van der Waals surface area contributed by atoms with Crippen LogP contribution in [0.25, 0.3) is 0 Å². The lowest BCUT2D eigenvalue weighted by molar-refractivity contribution is -0.123. The zero-order chi connectivity index (χ0) is 23.3. The summed E-state index contributed by atoms with van der Waals surface area (Å²) in [5.41, 5.74) is 3.30. The third-order valence-electron chi connectivity index (χ3n) is 5.59. The summed E-state index contributed by atoms with van der Waals surface area (Å²) in [7, 11) is 0. The second-order valence-electron chi connectivity index (χ2n) is 8.18. The quantitative estimate of drug-likeness (QED) is 0.590. The topological polar surface area (TPSA) is 103 Å². The summed E-state index contributed by atoms with van der Waals surface area (Å²) in [6, 6.07) is 5.55. The van der Waals surface area contributed by atoms with Gasteiger partial charge in [0.1, 0.15) is 0 Å². The lowest BCUT2D eigenvalue weighted by Gasteiger charge is -2.31. The Morgan fingerprint density at radius 3 is 2.62 bits per heavy atom. The van der Waals surface area contributed by atoms with E-state index in [1.54, 1.807) is 6.07 Å². The molecule has 3 rings (SSSR count). The molecule has 1 atom stereocenters. The van der Waals surface area contributed by atoms with Gasteiger partial charge in [-0.15, -0.1) is 11.3 Å². The number of aromatic nitrogens is 1. The van der Waals surface area contributed by atoms with Gasteiger partial charge in [-0.05, 0) is 57.4 Å². The van der Waals surface area contributed by atoms with Gasteiger partial charge in [-0.3, -0.25) is 19.3 Å². The number of hydrogen-bond acceptors (Lipinski definition) is 6. The fourth-order valence-corrected chi connectivity index (χ4v) is 4.65. The number of likely N-dealkylation sites (tertiary alicyclic amines) is 1. The molecular formula is C23H31N5O3S. The van der Waals surface area contributed by atoms with Crippen molar-refractivity contribution in [2.75, 3.05) is 35.6 Å². The molecule has 2 aromatic rings. The average molecular weight is 458 g/mol. The average Bonchev–Trinajstić information content (AvgIpc) is 3.04. The largest absolute Gasteiger partial charge is 0.326 e. The Labute approximate surface area is 192 Å². The summed E-state index contributed by atoms with van der Waals surface area (Å²) in [6.07, 6.45) is 2.40. The van der Waals surface area contributed by atoms with Crippen molar-refractivity contribution in [3.8, 4) is 0 Å². The van der Waals surface area contributed by atoms with E-state index in [4.69, 9.17) is 0 Å². The first-order valence-electron chi connectivity index (χ1n) is 10.9. The van der Waals surface area contributed by atoms with Gasteiger partial charge in [0.05, 0.1) is 18.2 Å². The van der Waals surface area contributed by atoms with Crippen LogP contribution in [0.5, 0.6) is 0 Å². The normalized spacial score (nSPS) is 16.4. The van der Waals surface area contributed by atoms with Crippen molar-refractivity contribution < 1.29 is 14.4 Å². The van der Waals surface area contributed by atoms with E-state index in [9.17, 15) is 14.4 Å². The van der Waals surface area contributed by atoms with E-state index in [2.05, 4.69) is 20.9 Å². The molecule has 1 aliphatic heterocycles. The number of benzene rings is 1. The second kappa shape index (κ2) is 10.7. The first-order valence-corrected chi connectivity index (χ1v) is 11.7. The molecule has 1 unspecified atom stereocenters. The van der Waals surface area contributed by atoms with E-state index in [-0.39, 0.29) is 30.2 Å². The fourth-order valence-electron chi connectivity index (χ4n) is 3.82. The molecule has 3 N–H and O–H groups in total. The van der Waals surface area contributed by atoms with Gasteiger partial charge in [-0.2, -0.15) is 0 Å². The van der Waals surface area contributed by atoms with E-state index >= 15 is 0 Å². The zero-order valence-corrected chi connectivity index (χ0v) is 19.9. The molecule has 3 amide bonds. The van der Waals surface area contributed by atoms with Gasteiger partial charge < -0.3 is 16.0 Å². The molecule has 0 bridgehead atoms. The zero-order valence-electron chi connectivity index (χ0n) is 19.1. The van der Waals surface area contributed by atoms with Crippen LogP contribution in [0.2, 0.25) is 0 Å². The van der Waals surface area contributed by atoms with Crippen molar-refractivity contribution in [3.05, 3.63) is 34.3 Å². The van der Waals surface area contributed by atoms with E-state index < -0.39 is 0 Å². The molecule has 8 nitrogen and oxygen atoms in total. The van der Waals surface area contributed by atoms with E-state index in [1.165, 1.54) is 18.3 Å². The van der Waals surface area contributed by atoms with Gasteiger partial charge in [0, 0.05) is 29.7 Å². The highest BCUT2D eigenvalue weighted by Crippen LogP contribution is 2.25. The summed E-state index contributed by atoms with van der Waals surface area (Å²) in [5, 5.41) is 9.27. The maximum atomic E-state index is 13.0. The number of nitrogens with one attached hydrogen (secondary N) is 3. The number of aryl methyl sites for hydroxylation is 3. The number of rotatable bonds is 7. The van der Waals surface area contributed by atoms with Crippen LogP contribution >= 0.6 is 11.3 Å². The molecule has 0 saturated carbocycles. The van der Waals surface area contributed by atoms with Crippen LogP contribution in [0.15, 0.2) is 18.2 Å². The van der Waals surface area contributed by atoms with E-state index in [0.29, 0.717) is 23.1 Å². The number of amides is 3. The van der Waals surface area contributed by atoms with Crippen molar-refractivity contribution in [2.24, 2.45) is 5.92 Å². The van der Waals surface area contributed by atoms with Gasteiger partial charge in [0.2, 0.25) is 17.7 Å². The van der Waals surface area contributed by atoms with Crippen LogP contribution in [0.3, 0.4) is 0 Å². The molecular weight excluding hydrogens is 426 g/mol. The van der Waals surface area contributed by atoms with E-state index in [1.807, 2.05) is 37.8 Å². The molecule has 32 heavy (non-hydrogen) atoms. The smallest absolute Gasteiger partial charge is 0.240 e. The minimum absolute atomic E-state index is 0.0593. The van der Waals surface area contributed by atoms with Crippen molar-refractivity contribution >= 4 is 45.6 Å². The Kier molecular flexibility index (Phi) is 7.98. The second-order valence-corrected chi connectivity index (χ2v) is 9.38. The number of anilines is 3. The number of carbonyl (C=O) groups is 3. The van der Waals surface area contributed by atoms with Crippen LogP contribution in [-0.2, 0) is 20.8 Å². The molecule has 1 fully saturated rings. The van der Waals surface area contributed by atoms with E-state index in [0.717, 1.165) is 41.9 Å². The molecule has 1 aliphatic rings. The first-order chi connectivity index (χ1) is 15.2. The summed E-state index contributed by atoms with van der Waals surface area (Å²) in [5.74, 6) is -0.530. The Morgan fingerprint density at radius 2 is 1.97 bits per heavy atom. The van der Waals surface area contributed by atoms with Gasteiger partial charge in [-0.25, -0.2) is 4.98 Å². The van der Waals surface area contributed by atoms with Crippen molar-refractivity contribution in [3.63, 3.8) is 0 Å². The molecule has 0 radical (unpaired) electrons. The van der Waals surface area contributed by atoms with Gasteiger partial charge in [0.25, 0.3) is 0 Å². The molecule has 0 aliphatic carbocycles. The summed E-state index contributed by atoms with van der Waals surface area (Å²) < 4.78 is 0. The minimum Gasteiger partial charge on any atom is -0.326 e. The predicted molar refractivity (Wildman–Crippen MR) is 128 cm³/mol. The number of piperidine rings is 1. The van der Waals surface area contributed by atoms with Gasteiger partial charge >= 0.3 is 0 Å². The van der Waals surface area contributed by atoms with Crippen molar-refractivity contribution in [2.45, 2.75) is 47.0 Å². The molecule has 172 valence electrons. The monoisotopic (exact) mass is 457 g/mol. The van der Waals surface area contributed by atoms with Gasteiger partial charge in [-0.1, -0.05) is 13.0 Å². The van der Waals surface area contributed by atoms with Crippen LogP contribution in [-0.4, -0.2) is 47.2 Å². The lowest BCUT2D eigenvalue weighted by atomic mass is 9.96. The number of thiazole rings is 1. The highest BCUT2D eigenvalue weighted by atomic mass is 32.1. The minimum atomic E-state index is -0.199. The van der Waals surface area contributed by atoms with Crippen LogP contribution in [0, 0.1) is 19.8 Å². The number of hydrogen-bond donors (Lipinski definition) is 3. The van der Waals surface area contributed by atoms with Gasteiger partial charge in [0.15, 0.2) is 5.13 Å². The SMILES string of the molecule is CCc1ccc(NC(C)=O)cc1NC(=O)C1CCCN(CC(=O)Nc2nc(C)c(C)s2)C1. The third-order valence-corrected chi connectivity index (χ3v) is 6.58. The summed E-state index contributed by atoms with van der Waals surface area (Å²) >= 11 is 1.47. The maximum absolute atomic E-state index is 13.0. The Morgan fingerprint density at radius 1 is 1.19 bits per heavy atom. The van der Waals surface area contributed by atoms with Crippen LogP contribution in [0.1, 0.15) is 42.8 Å². The molecule has 1 aromatic carbocycles. The molecule has 2 heterocycles. The fraction of sp³-hybridized carbons (Fsp3) is 0.478. The highest BCUT2D eigenvalue weighted by molar-refractivity contribution is 7.15. The van der Waals surface area contributed by atoms with Crippen molar-refractivity contribution in [1.29, 1.82) is 0 Å². The third kappa shape index (κ3) is 6.37. The van der Waals surface area contributed by atoms with Crippen LogP contribution in [0.4, 0.5) is 16.5 Å². The lowest BCUT2D eigenvalue weighted by Crippen LogP contribution is -2.44. The molecule has 1 aromatic heterocycles. The number of carbonyl (C=O) groups excluding carboxylic acids is 3. The Hall–Kier alpha value is -2.78. The Bertz CT molecular complexity index is 984. The maximum Gasteiger partial charge on any atom is 0.240 e. The Balaban J connectivity index is 1.59. The summed E-state index contributed by atoms with van der Waals surface area (Å²) in [4.78, 5) is 44.3. The first kappa shape index (κ1) is 23.9. The summed E-state index contributed by atoms with van der Waals surface area (Å²) in [6.45, 7) is 8.93. The highest BCUT2D eigenvalue weighted by Gasteiger charge is 2.27. The molecule has 9 heteroatoms. The van der Waals surface area contributed by atoms with Crippen molar-refractivity contribution in [1.82, 2.24) is 9.88 Å². The van der Waals surface area contributed by atoms with Crippen LogP contribution < -0.4 is 16.0 Å². The molecule has 0 spiro atoms. The molecule has 1 saturated heterocycles.